The number of fused-ring (bicyclic) bond motifs is 1. The Morgan fingerprint density at radius 2 is 2.07 bits per heavy atom. The molecule has 0 saturated carbocycles. The van der Waals surface area contributed by atoms with Crippen LogP contribution >= 0.6 is 0 Å². The van der Waals surface area contributed by atoms with E-state index in [4.69, 9.17) is 5.11 Å². The summed E-state index contributed by atoms with van der Waals surface area (Å²) in [4.78, 5) is 0. The molecule has 0 amide bonds. The van der Waals surface area contributed by atoms with Crippen molar-refractivity contribution in [1.29, 1.82) is 0 Å². The maximum Gasteiger partial charge on any atom is 0.0833 e. The van der Waals surface area contributed by atoms with E-state index < -0.39 is 0 Å². The number of aryl methyl sites for hydroxylation is 2. The quantitative estimate of drug-likeness (QED) is 0.770. The summed E-state index contributed by atoms with van der Waals surface area (Å²) in [5, 5.41) is 10.3. The van der Waals surface area contributed by atoms with Crippen LogP contribution in [0.5, 0.6) is 0 Å². The second-order valence-corrected chi connectivity index (χ2v) is 3.60. The lowest BCUT2D eigenvalue weighted by Crippen LogP contribution is -1.94. The molecule has 1 N–H and O–H groups in total. The zero-order valence-corrected chi connectivity index (χ0v) is 8.62. The summed E-state index contributed by atoms with van der Waals surface area (Å²) >= 11 is 0. The van der Waals surface area contributed by atoms with E-state index in [1.165, 1.54) is 16.5 Å². The van der Waals surface area contributed by atoms with E-state index in [-0.39, 0.29) is 6.61 Å². The molecule has 0 aliphatic carbocycles. The molecule has 2 heteroatoms. The predicted octanol–water partition coefficient (Wildman–Crippen LogP) is 2.23. The second kappa shape index (κ2) is 3.46. The van der Waals surface area contributed by atoms with Crippen LogP contribution in [0.15, 0.2) is 24.3 Å². The van der Waals surface area contributed by atoms with Crippen LogP contribution in [0.1, 0.15) is 18.2 Å². The molecule has 14 heavy (non-hydrogen) atoms. The maximum atomic E-state index is 9.13. The van der Waals surface area contributed by atoms with Gasteiger partial charge in [0, 0.05) is 23.6 Å². The third kappa shape index (κ3) is 1.32. The van der Waals surface area contributed by atoms with Gasteiger partial charge in [0.15, 0.2) is 0 Å². The Morgan fingerprint density at radius 1 is 1.29 bits per heavy atom. The minimum atomic E-state index is 0.104. The highest BCUT2D eigenvalue weighted by atomic mass is 16.3. The molecule has 2 nitrogen and oxygen atoms in total. The molecule has 0 fully saturated rings. The summed E-state index contributed by atoms with van der Waals surface area (Å²) in [6.45, 7) is 2.25. The lowest BCUT2D eigenvalue weighted by Gasteiger charge is -2.00. The SMILES string of the molecule is CCc1ccc2c(c1)cc(CO)n2C. The van der Waals surface area contributed by atoms with Crippen molar-refractivity contribution in [2.24, 2.45) is 7.05 Å². The number of rotatable bonds is 2. The Kier molecular flexibility index (Phi) is 2.30. The summed E-state index contributed by atoms with van der Waals surface area (Å²) in [6, 6.07) is 8.50. The number of hydrogen-bond donors (Lipinski definition) is 1. The molecule has 1 heterocycles. The third-order valence-corrected chi connectivity index (χ3v) is 2.78. The van der Waals surface area contributed by atoms with Crippen LogP contribution in [0.2, 0.25) is 0 Å². The first-order chi connectivity index (χ1) is 6.76. The average molecular weight is 189 g/mol. The first-order valence-corrected chi connectivity index (χ1v) is 4.94. The zero-order valence-electron chi connectivity index (χ0n) is 8.62. The molecule has 0 radical (unpaired) electrons. The highest BCUT2D eigenvalue weighted by molar-refractivity contribution is 5.82. The van der Waals surface area contributed by atoms with E-state index in [2.05, 4.69) is 31.2 Å². The van der Waals surface area contributed by atoms with Gasteiger partial charge in [0.1, 0.15) is 0 Å². The molecule has 2 aromatic rings. The molecule has 0 aliphatic heterocycles. The van der Waals surface area contributed by atoms with Crippen molar-refractivity contribution < 1.29 is 5.11 Å². The van der Waals surface area contributed by atoms with Gasteiger partial charge in [-0.2, -0.15) is 0 Å². The monoisotopic (exact) mass is 189 g/mol. The first kappa shape index (κ1) is 9.28. The molecule has 1 aromatic carbocycles. The summed E-state index contributed by atoms with van der Waals surface area (Å²) in [5.74, 6) is 0. The van der Waals surface area contributed by atoms with E-state index >= 15 is 0 Å². The van der Waals surface area contributed by atoms with E-state index in [9.17, 15) is 0 Å². The number of aromatic nitrogens is 1. The highest BCUT2D eigenvalue weighted by Gasteiger charge is 2.04. The Balaban J connectivity index is 2.66. The molecular formula is C12H15NO. The van der Waals surface area contributed by atoms with Gasteiger partial charge in [-0.25, -0.2) is 0 Å². The van der Waals surface area contributed by atoms with Crippen molar-refractivity contribution in [3.8, 4) is 0 Å². The maximum absolute atomic E-state index is 9.13. The van der Waals surface area contributed by atoms with Crippen molar-refractivity contribution >= 4 is 10.9 Å². The van der Waals surface area contributed by atoms with Crippen molar-refractivity contribution in [2.45, 2.75) is 20.0 Å². The number of aliphatic hydroxyl groups is 1. The average Bonchev–Trinajstić information content (AvgIpc) is 2.55. The minimum absolute atomic E-state index is 0.104. The summed E-state index contributed by atoms with van der Waals surface area (Å²) in [5.41, 5.74) is 3.49. The smallest absolute Gasteiger partial charge is 0.0833 e. The van der Waals surface area contributed by atoms with Gasteiger partial charge < -0.3 is 9.67 Å². The van der Waals surface area contributed by atoms with Gasteiger partial charge in [-0.15, -0.1) is 0 Å². The molecule has 0 aliphatic rings. The van der Waals surface area contributed by atoms with Crippen LogP contribution in [0.25, 0.3) is 10.9 Å². The predicted molar refractivity (Wildman–Crippen MR) is 58.2 cm³/mol. The Labute approximate surface area is 83.8 Å². The number of benzene rings is 1. The number of nitrogens with zero attached hydrogens (tertiary/aromatic N) is 1. The fourth-order valence-corrected chi connectivity index (χ4v) is 1.83. The standard InChI is InChI=1S/C12H15NO/c1-3-9-4-5-12-10(6-9)7-11(8-14)13(12)2/h4-7,14H,3,8H2,1-2H3. The van der Waals surface area contributed by atoms with Crippen molar-refractivity contribution in [3.63, 3.8) is 0 Å². The molecule has 0 spiro atoms. The normalized spacial score (nSPS) is 11.1. The summed E-state index contributed by atoms with van der Waals surface area (Å²) in [6.07, 6.45) is 1.05. The Hall–Kier alpha value is -1.28. The lowest BCUT2D eigenvalue weighted by molar-refractivity contribution is 0.273. The third-order valence-electron chi connectivity index (χ3n) is 2.78. The topological polar surface area (TPSA) is 25.2 Å². The van der Waals surface area contributed by atoms with Crippen LogP contribution in [-0.2, 0) is 20.1 Å². The second-order valence-electron chi connectivity index (χ2n) is 3.60. The van der Waals surface area contributed by atoms with Gasteiger partial charge in [-0.3, -0.25) is 0 Å². The number of hydrogen-bond acceptors (Lipinski definition) is 1. The fourth-order valence-electron chi connectivity index (χ4n) is 1.83. The van der Waals surface area contributed by atoms with E-state index in [1.54, 1.807) is 0 Å². The van der Waals surface area contributed by atoms with Crippen LogP contribution in [0.3, 0.4) is 0 Å². The van der Waals surface area contributed by atoms with E-state index in [1.807, 2.05) is 11.6 Å². The van der Waals surface area contributed by atoms with E-state index in [0.717, 1.165) is 12.1 Å². The van der Waals surface area contributed by atoms with Crippen LogP contribution in [-0.4, -0.2) is 9.67 Å². The van der Waals surface area contributed by atoms with Gasteiger partial charge in [0.25, 0.3) is 0 Å². The van der Waals surface area contributed by atoms with Gasteiger partial charge >= 0.3 is 0 Å². The molecule has 0 saturated heterocycles. The molecule has 0 bridgehead atoms. The van der Waals surface area contributed by atoms with Crippen molar-refractivity contribution in [1.82, 2.24) is 4.57 Å². The lowest BCUT2D eigenvalue weighted by atomic mass is 10.1. The molecular weight excluding hydrogens is 174 g/mol. The Bertz CT molecular complexity index is 457. The fraction of sp³-hybridized carbons (Fsp3) is 0.333. The van der Waals surface area contributed by atoms with Crippen molar-refractivity contribution in [2.75, 3.05) is 0 Å². The largest absolute Gasteiger partial charge is 0.390 e. The van der Waals surface area contributed by atoms with Crippen molar-refractivity contribution in [3.05, 3.63) is 35.5 Å². The van der Waals surface area contributed by atoms with Crippen LogP contribution in [0.4, 0.5) is 0 Å². The number of aliphatic hydroxyl groups excluding tert-OH is 1. The van der Waals surface area contributed by atoms with Gasteiger partial charge in [-0.1, -0.05) is 13.0 Å². The minimum Gasteiger partial charge on any atom is -0.390 e. The van der Waals surface area contributed by atoms with Gasteiger partial charge in [0.05, 0.1) is 6.61 Å². The molecule has 1 aromatic heterocycles. The van der Waals surface area contributed by atoms with Crippen LogP contribution in [0, 0.1) is 0 Å². The molecule has 2 rings (SSSR count). The molecule has 74 valence electrons. The van der Waals surface area contributed by atoms with E-state index in [0.29, 0.717) is 0 Å². The first-order valence-electron chi connectivity index (χ1n) is 4.94. The Morgan fingerprint density at radius 3 is 2.71 bits per heavy atom. The summed E-state index contributed by atoms with van der Waals surface area (Å²) < 4.78 is 2.04. The van der Waals surface area contributed by atoms with Gasteiger partial charge in [0.2, 0.25) is 0 Å². The summed E-state index contributed by atoms with van der Waals surface area (Å²) in [7, 11) is 1.99. The highest BCUT2D eigenvalue weighted by Crippen LogP contribution is 2.20. The van der Waals surface area contributed by atoms with Gasteiger partial charge in [-0.05, 0) is 30.2 Å². The van der Waals surface area contributed by atoms with Crippen LogP contribution < -0.4 is 0 Å². The zero-order chi connectivity index (χ0) is 10.1. The molecule has 0 atom stereocenters. The molecule has 0 unspecified atom stereocenters.